The number of piperidine rings is 2. The van der Waals surface area contributed by atoms with Crippen LogP contribution in [0.4, 0.5) is 18.4 Å². The van der Waals surface area contributed by atoms with Crippen molar-refractivity contribution in [3.05, 3.63) is 153 Å². The quantitative estimate of drug-likeness (QED) is 0.0177. The van der Waals surface area contributed by atoms with Crippen LogP contribution in [-0.2, 0) is 45.4 Å². The van der Waals surface area contributed by atoms with Gasteiger partial charge in [0.05, 0.1) is 50.2 Å². The fraction of sp³-hybridized carbons (Fsp3) is 0.377. The maximum atomic E-state index is 15.7. The molecule has 394 valence electrons. The Bertz CT molecular complexity index is 2750. The van der Waals surface area contributed by atoms with Gasteiger partial charge in [-0.3, -0.25) is 25.6 Å². The van der Waals surface area contributed by atoms with Gasteiger partial charge in [-0.1, -0.05) is 72.3 Å². The van der Waals surface area contributed by atoms with Crippen molar-refractivity contribution >= 4 is 29.8 Å². The summed E-state index contributed by atoms with van der Waals surface area (Å²) in [6.07, 6.45) is 1.84. The predicted molar refractivity (Wildman–Crippen MR) is 257 cm³/mol. The number of hydrogen-bond acceptors (Lipinski definition) is 16. The Kier molecular flexibility index (Phi) is 18.0. The molecule has 2 heterocycles. The van der Waals surface area contributed by atoms with Crippen LogP contribution in [-0.4, -0.2) is 98.0 Å². The van der Waals surface area contributed by atoms with Gasteiger partial charge in [0.2, 0.25) is 5.91 Å². The largest absolute Gasteiger partial charge is 0.513 e. The van der Waals surface area contributed by atoms with E-state index in [0.717, 1.165) is 47.2 Å². The Labute approximate surface area is 430 Å². The standard InChI is InChI=1S/C53H57ClF2N4O14/c1-32-22-34(13-20-47(32)68-2)28-57(39-16-17-39)51(61)48-43(38-14-11-33(12-15-38)8-5-21-69-50-45(56)19-18-44(55)49(50)54)27-40-23-37(29-70-53(63)74-42-10-4-7-36(25-42)31-72-60(66)67)26-46(48)58(40)52(62)73-41-9-3-6-35(24-41)30-71-59(64)65/h3-4,6-7,9-15,18-20,22,24-25,37,39-40,43,46,48,64-67H,5,8,16-17,21,23,26-31H2,1-2H3. The zero-order valence-corrected chi connectivity index (χ0v) is 41.3. The number of amides is 2. The molecule has 0 spiro atoms. The average Bonchev–Trinajstić information content (AvgIpc) is 4.23. The first kappa shape index (κ1) is 53.8. The molecule has 2 bridgehead atoms. The van der Waals surface area contributed by atoms with Crippen LogP contribution in [0.5, 0.6) is 23.0 Å². The molecule has 0 radical (unpaired) electrons. The summed E-state index contributed by atoms with van der Waals surface area (Å²) in [5, 5.41) is 34.9. The monoisotopic (exact) mass is 1050 g/mol. The van der Waals surface area contributed by atoms with Gasteiger partial charge in [-0.05, 0) is 140 Å². The molecule has 2 aliphatic heterocycles. The van der Waals surface area contributed by atoms with E-state index in [4.69, 9.17) is 61.0 Å². The Morgan fingerprint density at radius 1 is 0.757 bits per heavy atom. The number of methoxy groups -OCH3 is 1. The number of benzene rings is 5. The number of fused-ring (bicyclic) bond motifs is 2. The normalized spacial score (nSPS) is 19.3. The lowest BCUT2D eigenvalue weighted by Gasteiger charge is -2.54. The predicted octanol–water partition coefficient (Wildman–Crippen LogP) is 10.1. The van der Waals surface area contributed by atoms with Gasteiger partial charge in [0, 0.05) is 24.7 Å². The van der Waals surface area contributed by atoms with E-state index in [1.54, 1.807) is 42.3 Å². The van der Waals surface area contributed by atoms with Crippen molar-refractivity contribution in [3.63, 3.8) is 0 Å². The van der Waals surface area contributed by atoms with Crippen molar-refractivity contribution in [1.29, 1.82) is 0 Å². The van der Waals surface area contributed by atoms with Gasteiger partial charge in [-0.25, -0.2) is 28.0 Å². The van der Waals surface area contributed by atoms with E-state index < -0.39 is 57.7 Å². The van der Waals surface area contributed by atoms with Crippen LogP contribution >= 0.6 is 11.6 Å². The fourth-order valence-electron chi connectivity index (χ4n) is 10.0. The van der Waals surface area contributed by atoms with Crippen LogP contribution in [0, 0.1) is 30.4 Å². The highest BCUT2D eigenvalue weighted by Gasteiger charge is 2.55. The van der Waals surface area contributed by atoms with Crippen molar-refractivity contribution in [2.75, 3.05) is 20.3 Å². The number of hydrogen-bond donors (Lipinski definition) is 4. The van der Waals surface area contributed by atoms with E-state index in [9.17, 15) is 18.4 Å². The number of carbonyl (C=O) groups excluding carboxylic acids is 3. The summed E-state index contributed by atoms with van der Waals surface area (Å²) in [7, 11) is 1.60. The van der Waals surface area contributed by atoms with Crippen molar-refractivity contribution in [1.82, 2.24) is 20.6 Å². The minimum Gasteiger partial charge on any atom is -0.496 e. The second-order valence-corrected chi connectivity index (χ2v) is 19.0. The van der Waals surface area contributed by atoms with Gasteiger partial charge in [-0.15, -0.1) is 0 Å². The Hall–Kier alpha value is -6.46. The molecule has 1 saturated carbocycles. The molecule has 18 nitrogen and oxygen atoms in total. The molecule has 5 unspecified atom stereocenters. The van der Waals surface area contributed by atoms with E-state index in [0.29, 0.717) is 49.1 Å². The molecule has 74 heavy (non-hydrogen) atoms. The molecule has 21 heteroatoms. The van der Waals surface area contributed by atoms with Crippen LogP contribution in [0.3, 0.4) is 0 Å². The molecule has 2 amide bonds. The summed E-state index contributed by atoms with van der Waals surface area (Å²) in [5.74, 6) is -2.58. The molecule has 0 aromatic heterocycles. The molecule has 3 aliphatic rings. The molecule has 5 aromatic carbocycles. The number of rotatable bonds is 21. The van der Waals surface area contributed by atoms with Gasteiger partial charge in [0.15, 0.2) is 11.6 Å². The van der Waals surface area contributed by atoms with Gasteiger partial charge >= 0.3 is 12.2 Å². The summed E-state index contributed by atoms with van der Waals surface area (Å²) >= 11 is 5.96. The van der Waals surface area contributed by atoms with Crippen LogP contribution < -0.4 is 18.9 Å². The van der Waals surface area contributed by atoms with Crippen molar-refractivity contribution in [2.24, 2.45) is 11.8 Å². The maximum Gasteiger partial charge on any atom is 0.513 e. The van der Waals surface area contributed by atoms with E-state index in [-0.39, 0.29) is 73.9 Å². The first-order chi connectivity index (χ1) is 35.6. The zero-order chi connectivity index (χ0) is 52.5. The third-order valence-electron chi connectivity index (χ3n) is 13.5. The van der Waals surface area contributed by atoms with E-state index in [1.807, 2.05) is 54.3 Å². The molecule has 3 fully saturated rings. The summed E-state index contributed by atoms with van der Waals surface area (Å²) < 4.78 is 56.7. The smallest absolute Gasteiger partial charge is 0.496 e. The Morgan fingerprint density at radius 2 is 1.41 bits per heavy atom. The van der Waals surface area contributed by atoms with Crippen molar-refractivity contribution in [2.45, 2.75) is 95.7 Å². The van der Waals surface area contributed by atoms with Crippen LogP contribution in [0.2, 0.25) is 5.02 Å². The van der Waals surface area contributed by atoms with Gasteiger partial charge in [-0.2, -0.15) is 0 Å². The number of nitrogens with zero attached hydrogens (tertiary/aromatic N) is 4. The maximum absolute atomic E-state index is 15.7. The zero-order valence-electron chi connectivity index (χ0n) is 40.6. The fourth-order valence-corrected chi connectivity index (χ4v) is 10.2. The van der Waals surface area contributed by atoms with Gasteiger partial charge < -0.3 is 33.5 Å². The third kappa shape index (κ3) is 13.8. The third-order valence-corrected chi connectivity index (χ3v) is 13.8. The van der Waals surface area contributed by atoms with Crippen molar-refractivity contribution < 1.29 is 77.4 Å². The lowest BCUT2D eigenvalue weighted by Crippen LogP contribution is -2.64. The molecule has 5 aromatic rings. The Morgan fingerprint density at radius 3 is 2.04 bits per heavy atom. The number of halogens is 3. The highest BCUT2D eigenvalue weighted by molar-refractivity contribution is 6.32. The Balaban J connectivity index is 1.08. The van der Waals surface area contributed by atoms with Gasteiger partial charge in [0.25, 0.3) is 0 Å². The minimum absolute atomic E-state index is 0.0449. The molecule has 4 N–H and O–H groups in total. The molecular formula is C53H57ClF2N4O14. The molecular weight excluding hydrogens is 990 g/mol. The number of ether oxygens (including phenoxy) is 5. The molecule has 5 atom stereocenters. The minimum atomic E-state index is -0.993. The number of aryl methyl sites for hydroxylation is 2. The highest BCUT2D eigenvalue weighted by atomic mass is 35.5. The molecule has 1 aliphatic carbocycles. The summed E-state index contributed by atoms with van der Waals surface area (Å²) in [4.78, 5) is 56.7. The van der Waals surface area contributed by atoms with E-state index in [1.165, 1.54) is 18.2 Å². The average molecular weight is 1050 g/mol. The van der Waals surface area contributed by atoms with Crippen molar-refractivity contribution in [3.8, 4) is 23.0 Å². The topological polar surface area (TPSA) is 210 Å². The summed E-state index contributed by atoms with van der Waals surface area (Å²) in [6, 6.07) is 26.9. The van der Waals surface area contributed by atoms with Crippen LogP contribution in [0.15, 0.2) is 103 Å². The summed E-state index contributed by atoms with van der Waals surface area (Å²) in [5.41, 5.74) is 4.57. The van der Waals surface area contributed by atoms with Crippen LogP contribution in [0.25, 0.3) is 0 Å². The second kappa shape index (κ2) is 24.7. The first-order valence-electron chi connectivity index (χ1n) is 24.1. The lowest BCUT2D eigenvalue weighted by atomic mass is 9.65. The first-order valence-corrected chi connectivity index (χ1v) is 24.4. The SMILES string of the molecule is COc1ccc(CN(C(=O)C2C(c3ccc(CCCOc4c(F)ccc(F)c4Cl)cc3)CC3CC(COC(=O)Oc4cccc(CON(O)O)c4)CC2N3C(=O)Oc2cccc(CON(O)O)c2)C2CC2)cc1C. The number of carbonyl (C=O) groups is 3. The van der Waals surface area contributed by atoms with Crippen LogP contribution in [0.1, 0.15) is 77.8 Å². The highest BCUT2D eigenvalue weighted by Crippen LogP contribution is 2.49. The summed E-state index contributed by atoms with van der Waals surface area (Å²) in [6.45, 7) is 1.74. The molecule has 8 rings (SSSR count). The second-order valence-electron chi connectivity index (χ2n) is 18.6. The van der Waals surface area contributed by atoms with Gasteiger partial charge in [0.1, 0.15) is 28.1 Å². The van der Waals surface area contributed by atoms with E-state index >= 15 is 4.79 Å². The lowest BCUT2D eigenvalue weighted by molar-refractivity contribution is -0.497. The molecule has 2 saturated heterocycles. The van der Waals surface area contributed by atoms with E-state index in [2.05, 4.69) is 4.84 Å².